The van der Waals surface area contributed by atoms with E-state index in [4.69, 9.17) is 0 Å². The molecule has 23 heavy (non-hydrogen) atoms. The zero-order valence-corrected chi connectivity index (χ0v) is 14.1. The summed E-state index contributed by atoms with van der Waals surface area (Å²) < 4.78 is 26.1. The number of sulfone groups is 1. The molecule has 1 N–H and O–H groups in total. The van der Waals surface area contributed by atoms with Crippen molar-refractivity contribution in [2.24, 2.45) is 5.92 Å². The van der Waals surface area contributed by atoms with Gasteiger partial charge in [-0.3, -0.25) is 4.79 Å². The molecule has 0 aromatic carbocycles. The zero-order chi connectivity index (χ0) is 16.4. The second-order valence-electron chi connectivity index (χ2n) is 6.74. The Balaban J connectivity index is 1.57. The van der Waals surface area contributed by atoms with E-state index in [1.165, 1.54) is 6.42 Å². The molecule has 0 saturated heterocycles. The summed E-state index contributed by atoms with van der Waals surface area (Å²) in [5.74, 6) is -0.490. The highest BCUT2D eigenvalue weighted by atomic mass is 32.2. The van der Waals surface area contributed by atoms with Crippen LogP contribution in [0.5, 0.6) is 0 Å². The van der Waals surface area contributed by atoms with E-state index in [2.05, 4.69) is 27.8 Å². The van der Waals surface area contributed by atoms with Gasteiger partial charge in [0.2, 0.25) is 5.91 Å². The number of nitrogens with one attached hydrogen (secondary N) is 1. The van der Waals surface area contributed by atoms with Crippen LogP contribution in [0.25, 0.3) is 0 Å². The molecule has 1 amide bonds. The summed E-state index contributed by atoms with van der Waals surface area (Å²) >= 11 is 0. The summed E-state index contributed by atoms with van der Waals surface area (Å²) in [7, 11) is -3.58. The molecule has 2 atom stereocenters. The van der Waals surface area contributed by atoms with Gasteiger partial charge in [0, 0.05) is 6.04 Å². The molecular weight excluding hydrogens is 318 g/mol. The molecule has 3 rings (SSSR count). The number of amides is 1. The van der Waals surface area contributed by atoms with Gasteiger partial charge >= 0.3 is 0 Å². The van der Waals surface area contributed by atoms with Crippen molar-refractivity contribution in [1.29, 1.82) is 0 Å². The van der Waals surface area contributed by atoms with Crippen LogP contribution < -0.4 is 5.32 Å². The fourth-order valence-electron chi connectivity index (χ4n) is 3.14. The molecular formula is C14H23N5O3S. The predicted molar refractivity (Wildman–Crippen MR) is 83.1 cm³/mol. The van der Waals surface area contributed by atoms with E-state index in [0.29, 0.717) is 11.7 Å². The molecule has 8 nitrogen and oxygen atoms in total. The van der Waals surface area contributed by atoms with Gasteiger partial charge < -0.3 is 5.32 Å². The first-order valence-corrected chi connectivity index (χ1v) is 10.0. The lowest BCUT2D eigenvalue weighted by molar-refractivity contribution is -0.119. The number of nitrogens with zero attached hydrogens (tertiary/aromatic N) is 4. The van der Waals surface area contributed by atoms with Crippen molar-refractivity contribution in [3.8, 4) is 0 Å². The van der Waals surface area contributed by atoms with Crippen LogP contribution in [0.15, 0.2) is 0 Å². The minimum Gasteiger partial charge on any atom is -0.352 e. The zero-order valence-electron chi connectivity index (χ0n) is 13.3. The largest absolute Gasteiger partial charge is 0.352 e. The summed E-state index contributed by atoms with van der Waals surface area (Å²) in [5.41, 5.74) is 0. The molecule has 1 heterocycles. The summed E-state index contributed by atoms with van der Waals surface area (Å²) in [5, 5.41) is 14.0. The SMILES string of the molecule is C[C@H]1CCCC[C@H]1NC(=O)CS(=O)(=O)Cc1nnnn1C1CC1. The van der Waals surface area contributed by atoms with Crippen LogP contribution in [-0.2, 0) is 20.4 Å². The van der Waals surface area contributed by atoms with Gasteiger partial charge in [0.05, 0.1) is 6.04 Å². The minimum atomic E-state index is -3.58. The number of hydrogen-bond acceptors (Lipinski definition) is 6. The lowest BCUT2D eigenvalue weighted by atomic mass is 9.86. The van der Waals surface area contributed by atoms with Gasteiger partial charge in [-0.2, -0.15) is 0 Å². The Hall–Kier alpha value is -1.51. The van der Waals surface area contributed by atoms with Crippen LogP contribution in [0.2, 0.25) is 0 Å². The third-order valence-corrected chi connectivity index (χ3v) is 6.01. The highest BCUT2D eigenvalue weighted by Gasteiger charge is 2.31. The maximum Gasteiger partial charge on any atom is 0.235 e. The quantitative estimate of drug-likeness (QED) is 0.813. The number of carbonyl (C=O) groups excluding carboxylic acids is 1. The van der Waals surface area contributed by atoms with E-state index in [0.717, 1.165) is 32.1 Å². The average Bonchev–Trinajstić information content (AvgIpc) is 3.21. The number of tetrazole rings is 1. The molecule has 1 aromatic heterocycles. The van der Waals surface area contributed by atoms with E-state index in [-0.39, 0.29) is 17.8 Å². The van der Waals surface area contributed by atoms with Crippen molar-refractivity contribution in [3.05, 3.63) is 5.82 Å². The van der Waals surface area contributed by atoms with E-state index in [1.807, 2.05) is 0 Å². The van der Waals surface area contributed by atoms with Crippen molar-refractivity contribution < 1.29 is 13.2 Å². The van der Waals surface area contributed by atoms with E-state index in [9.17, 15) is 13.2 Å². The fraction of sp³-hybridized carbons (Fsp3) is 0.857. The summed E-state index contributed by atoms with van der Waals surface area (Å²) in [6, 6.07) is 0.301. The Morgan fingerprint density at radius 1 is 1.26 bits per heavy atom. The number of hydrogen-bond donors (Lipinski definition) is 1. The lowest BCUT2D eigenvalue weighted by Crippen LogP contribution is -2.43. The Morgan fingerprint density at radius 3 is 2.70 bits per heavy atom. The predicted octanol–water partition coefficient (Wildman–Crippen LogP) is 0.618. The van der Waals surface area contributed by atoms with Crippen molar-refractivity contribution >= 4 is 15.7 Å². The van der Waals surface area contributed by atoms with Gasteiger partial charge in [0.15, 0.2) is 15.7 Å². The van der Waals surface area contributed by atoms with Gasteiger partial charge in [-0.15, -0.1) is 5.10 Å². The normalized spacial score (nSPS) is 25.3. The Labute approximate surface area is 135 Å². The molecule has 2 saturated carbocycles. The Morgan fingerprint density at radius 2 is 2.00 bits per heavy atom. The van der Waals surface area contributed by atoms with Crippen LogP contribution in [0.4, 0.5) is 0 Å². The first-order chi connectivity index (χ1) is 10.9. The van der Waals surface area contributed by atoms with E-state index in [1.54, 1.807) is 4.68 Å². The van der Waals surface area contributed by atoms with Crippen LogP contribution in [0.3, 0.4) is 0 Å². The summed E-state index contributed by atoms with van der Waals surface area (Å²) in [4.78, 5) is 12.1. The van der Waals surface area contributed by atoms with Gasteiger partial charge in [-0.1, -0.05) is 19.8 Å². The standard InChI is InChI=1S/C14H23N5O3S/c1-10-4-2-3-5-12(10)15-14(20)9-23(21,22)8-13-16-17-18-19(13)11-6-7-11/h10-12H,2-9H2,1H3,(H,15,20)/t10-,12+/m0/s1. The molecule has 9 heteroatoms. The molecule has 0 unspecified atom stereocenters. The summed E-state index contributed by atoms with van der Waals surface area (Å²) in [6.45, 7) is 2.10. The van der Waals surface area contributed by atoms with Gasteiger partial charge in [0.1, 0.15) is 11.5 Å². The van der Waals surface area contributed by atoms with Crippen molar-refractivity contribution in [3.63, 3.8) is 0 Å². The molecule has 0 radical (unpaired) electrons. The molecule has 0 bridgehead atoms. The third kappa shape index (κ3) is 4.27. The molecule has 128 valence electrons. The Kier molecular flexibility index (Phi) is 4.65. The first-order valence-electron chi connectivity index (χ1n) is 8.21. The number of carbonyl (C=O) groups is 1. The molecule has 0 aliphatic heterocycles. The average molecular weight is 341 g/mol. The number of rotatable bonds is 6. The maximum absolute atomic E-state index is 12.3. The summed E-state index contributed by atoms with van der Waals surface area (Å²) in [6.07, 6.45) is 6.20. The highest BCUT2D eigenvalue weighted by Crippen LogP contribution is 2.34. The molecule has 2 aliphatic carbocycles. The van der Waals surface area contributed by atoms with Crippen molar-refractivity contribution in [2.75, 3.05) is 5.75 Å². The maximum atomic E-state index is 12.3. The van der Waals surface area contributed by atoms with Crippen LogP contribution >= 0.6 is 0 Å². The van der Waals surface area contributed by atoms with Crippen LogP contribution in [0.1, 0.15) is 57.3 Å². The Bertz CT molecular complexity index is 668. The van der Waals surface area contributed by atoms with Gasteiger partial charge in [-0.25, -0.2) is 13.1 Å². The number of aromatic nitrogens is 4. The second-order valence-corrected chi connectivity index (χ2v) is 8.80. The molecule has 2 aliphatic rings. The smallest absolute Gasteiger partial charge is 0.235 e. The second kappa shape index (κ2) is 6.54. The van der Waals surface area contributed by atoms with Gasteiger partial charge in [-0.05, 0) is 42.0 Å². The molecule has 1 aromatic rings. The van der Waals surface area contributed by atoms with E-state index >= 15 is 0 Å². The fourth-order valence-corrected chi connectivity index (χ4v) is 4.30. The molecule has 0 spiro atoms. The van der Waals surface area contributed by atoms with Crippen LogP contribution in [0, 0.1) is 5.92 Å². The van der Waals surface area contributed by atoms with Crippen molar-refractivity contribution in [2.45, 2.75) is 63.3 Å². The molecule has 2 fully saturated rings. The topological polar surface area (TPSA) is 107 Å². The van der Waals surface area contributed by atoms with Crippen molar-refractivity contribution in [1.82, 2.24) is 25.5 Å². The first kappa shape index (κ1) is 16.4. The lowest BCUT2D eigenvalue weighted by Gasteiger charge is -2.29. The van der Waals surface area contributed by atoms with Crippen LogP contribution in [-0.4, -0.2) is 46.3 Å². The minimum absolute atomic E-state index is 0.0863. The van der Waals surface area contributed by atoms with Gasteiger partial charge in [0.25, 0.3) is 0 Å². The third-order valence-electron chi connectivity index (χ3n) is 4.61. The monoisotopic (exact) mass is 341 g/mol. The highest BCUT2D eigenvalue weighted by molar-refractivity contribution is 7.91. The van der Waals surface area contributed by atoms with E-state index < -0.39 is 21.5 Å².